The zero-order chi connectivity index (χ0) is 24.5. The number of carbonyl (C=O) groups is 2. The van der Waals surface area contributed by atoms with Crippen molar-refractivity contribution < 1.29 is 29.1 Å². The fraction of sp³-hybridized carbons (Fsp3) is 0.917. The van der Waals surface area contributed by atoms with Crippen molar-refractivity contribution in [1.82, 2.24) is 10.1 Å². The molecule has 0 aromatic rings. The van der Waals surface area contributed by atoms with Gasteiger partial charge in [-0.1, -0.05) is 0 Å². The molecular weight excluding hydrogens is 412 g/mol. The van der Waals surface area contributed by atoms with Gasteiger partial charge in [-0.2, -0.15) is 10.1 Å². The lowest BCUT2D eigenvalue weighted by Crippen LogP contribution is -2.62. The first kappa shape index (κ1) is 27.0. The van der Waals surface area contributed by atoms with E-state index < -0.39 is 17.0 Å². The molecule has 2 aliphatic heterocycles. The van der Waals surface area contributed by atoms with E-state index in [1.807, 2.05) is 39.7 Å². The third kappa shape index (κ3) is 6.43. The number of esters is 2. The summed E-state index contributed by atoms with van der Waals surface area (Å²) in [6.45, 7) is 18.6. The number of hydroxylamine groups is 4. The first-order valence-corrected chi connectivity index (χ1v) is 11.8. The Balaban J connectivity index is 1.85. The van der Waals surface area contributed by atoms with Gasteiger partial charge >= 0.3 is 11.9 Å². The van der Waals surface area contributed by atoms with Gasteiger partial charge in [0, 0.05) is 47.8 Å². The van der Waals surface area contributed by atoms with Gasteiger partial charge in [-0.3, -0.25) is 14.4 Å². The Labute approximate surface area is 193 Å². The van der Waals surface area contributed by atoms with E-state index in [0.29, 0.717) is 32.3 Å². The summed E-state index contributed by atoms with van der Waals surface area (Å²) in [4.78, 5) is 30.7. The molecule has 0 aromatic heterocycles. The summed E-state index contributed by atoms with van der Waals surface area (Å²) in [5, 5.41) is 13.8. The number of hydrogen-bond acceptors (Lipinski definition) is 8. The topological polar surface area (TPSA) is 88.5 Å². The van der Waals surface area contributed by atoms with E-state index in [-0.39, 0.29) is 42.1 Å². The van der Waals surface area contributed by atoms with Gasteiger partial charge < -0.3 is 14.7 Å². The lowest BCUT2D eigenvalue weighted by Gasteiger charge is -2.53. The second kappa shape index (κ2) is 9.57. The smallest absolute Gasteiger partial charge is 0.306 e. The number of carbonyl (C=O) groups excluding carboxylic acids is 2. The zero-order valence-corrected chi connectivity index (χ0v) is 21.5. The number of nitrogens with zero attached hydrogens (tertiary/aromatic N) is 2. The fourth-order valence-electron chi connectivity index (χ4n) is 5.69. The van der Waals surface area contributed by atoms with Crippen LogP contribution in [0.2, 0.25) is 0 Å². The van der Waals surface area contributed by atoms with Crippen molar-refractivity contribution >= 4 is 11.9 Å². The van der Waals surface area contributed by atoms with Crippen molar-refractivity contribution in [2.75, 3.05) is 6.61 Å². The van der Waals surface area contributed by atoms with Gasteiger partial charge in [-0.05, 0) is 62.3 Å². The Morgan fingerprint density at radius 2 is 1.09 bits per heavy atom. The lowest BCUT2D eigenvalue weighted by atomic mass is 9.80. The molecule has 0 aliphatic carbocycles. The van der Waals surface area contributed by atoms with Gasteiger partial charge in [0.05, 0.1) is 19.4 Å². The Kier molecular flexibility index (Phi) is 8.08. The average molecular weight is 457 g/mol. The molecule has 0 atom stereocenters. The van der Waals surface area contributed by atoms with Crippen LogP contribution in [0.15, 0.2) is 0 Å². The molecule has 8 nitrogen and oxygen atoms in total. The molecular formula is C24H44N2O6. The van der Waals surface area contributed by atoms with E-state index in [4.69, 9.17) is 14.3 Å². The van der Waals surface area contributed by atoms with E-state index >= 15 is 0 Å². The molecule has 2 aliphatic rings. The molecule has 0 radical (unpaired) electrons. The van der Waals surface area contributed by atoms with E-state index in [1.54, 1.807) is 0 Å². The standard InChI is InChI=1S/C24H44N2O6/c1-10-30-26-23(6,7)15-18(16-24(26,8)9)32-20(28)12-11-19(27)31-17-13-21(2,3)25(29)22(4,5)14-17/h17-18,29H,10-16H2,1-9H3. The minimum atomic E-state index is -0.498. The average Bonchev–Trinajstić information content (AvgIpc) is 2.60. The van der Waals surface area contributed by atoms with E-state index in [9.17, 15) is 14.8 Å². The van der Waals surface area contributed by atoms with Crippen molar-refractivity contribution in [1.29, 1.82) is 0 Å². The summed E-state index contributed by atoms with van der Waals surface area (Å²) in [6, 6.07) is 0. The van der Waals surface area contributed by atoms with Gasteiger partial charge in [0.2, 0.25) is 0 Å². The highest BCUT2D eigenvalue weighted by atomic mass is 16.7. The molecule has 1 N–H and O–H groups in total. The second-order valence-electron chi connectivity index (χ2n) is 11.8. The van der Waals surface area contributed by atoms with E-state index in [2.05, 4.69) is 27.7 Å². The summed E-state index contributed by atoms with van der Waals surface area (Å²) >= 11 is 0. The molecule has 0 saturated carbocycles. The van der Waals surface area contributed by atoms with Gasteiger partial charge in [-0.25, -0.2) is 0 Å². The molecule has 2 saturated heterocycles. The quantitative estimate of drug-likeness (QED) is 0.569. The minimum absolute atomic E-state index is 0.00298. The fourth-order valence-corrected chi connectivity index (χ4v) is 5.69. The van der Waals surface area contributed by atoms with Gasteiger partial charge in [0.25, 0.3) is 0 Å². The maximum absolute atomic E-state index is 12.5. The Hall–Kier alpha value is -1.22. The molecule has 32 heavy (non-hydrogen) atoms. The molecule has 8 heteroatoms. The zero-order valence-electron chi connectivity index (χ0n) is 21.5. The SMILES string of the molecule is CCON1C(C)(C)CC(OC(=O)CCC(=O)OC2CC(C)(C)N(O)C(C)(C)C2)CC1(C)C. The van der Waals surface area contributed by atoms with Gasteiger partial charge in [-0.15, -0.1) is 0 Å². The predicted octanol–water partition coefficient (Wildman–Crippen LogP) is 4.24. The third-order valence-corrected chi connectivity index (χ3v) is 6.54. The van der Waals surface area contributed by atoms with Crippen LogP contribution in [0.25, 0.3) is 0 Å². The summed E-state index contributed by atoms with van der Waals surface area (Å²) in [6.07, 6.45) is 1.86. The van der Waals surface area contributed by atoms with Gasteiger partial charge in [0.15, 0.2) is 0 Å². The van der Waals surface area contributed by atoms with Crippen molar-refractivity contribution in [2.24, 2.45) is 0 Å². The molecule has 0 amide bonds. The first-order chi connectivity index (χ1) is 14.5. The Bertz CT molecular complexity index is 652. The molecule has 2 rings (SSSR count). The van der Waals surface area contributed by atoms with Crippen molar-refractivity contribution in [3.05, 3.63) is 0 Å². The maximum atomic E-state index is 12.5. The van der Waals surface area contributed by atoms with Crippen LogP contribution in [0, 0.1) is 0 Å². The molecule has 0 bridgehead atoms. The minimum Gasteiger partial charge on any atom is -0.462 e. The van der Waals surface area contributed by atoms with Crippen LogP contribution in [0.1, 0.15) is 101 Å². The highest BCUT2D eigenvalue weighted by Crippen LogP contribution is 2.40. The summed E-state index contributed by atoms with van der Waals surface area (Å²) in [7, 11) is 0. The lowest BCUT2D eigenvalue weighted by molar-refractivity contribution is -0.290. The van der Waals surface area contributed by atoms with Gasteiger partial charge in [0.1, 0.15) is 12.2 Å². The van der Waals surface area contributed by atoms with Crippen LogP contribution in [0.3, 0.4) is 0 Å². The molecule has 2 fully saturated rings. The Morgan fingerprint density at radius 3 is 1.44 bits per heavy atom. The monoisotopic (exact) mass is 456 g/mol. The third-order valence-electron chi connectivity index (χ3n) is 6.54. The number of rotatable bonds is 7. The summed E-state index contributed by atoms with van der Waals surface area (Å²) in [5.41, 5.74) is -1.55. The maximum Gasteiger partial charge on any atom is 0.306 e. The number of piperidine rings is 2. The van der Waals surface area contributed by atoms with Crippen LogP contribution in [-0.2, 0) is 23.9 Å². The highest BCUT2D eigenvalue weighted by molar-refractivity contribution is 5.77. The summed E-state index contributed by atoms with van der Waals surface area (Å²) < 4.78 is 11.4. The van der Waals surface area contributed by atoms with Crippen molar-refractivity contribution in [2.45, 2.75) is 135 Å². The van der Waals surface area contributed by atoms with E-state index in [0.717, 1.165) is 0 Å². The second-order valence-corrected chi connectivity index (χ2v) is 11.8. The first-order valence-electron chi connectivity index (χ1n) is 11.8. The highest BCUT2D eigenvalue weighted by Gasteiger charge is 2.48. The van der Waals surface area contributed by atoms with Crippen LogP contribution in [0.5, 0.6) is 0 Å². The number of hydrogen-bond donors (Lipinski definition) is 1. The van der Waals surface area contributed by atoms with E-state index in [1.165, 1.54) is 5.06 Å². The normalized spacial score (nSPS) is 25.9. The van der Waals surface area contributed by atoms with Crippen LogP contribution in [-0.4, -0.2) is 68.2 Å². The van der Waals surface area contributed by atoms with Crippen LogP contribution in [0.4, 0.5) is 0 Å². The van der Waals surface area contributed by atoms with Crippen LogP contribution < -0.4 is 0 Å². The number of ether oxygens (including phenoxy) is 2. The molecule has 2 heterocycles. The van der Waals surface area contributed by atoms with Crippen molar-refractivity contribution in [3.8, 4) is 0 Å². The van der Waals surface area contributed by atoms with Crippen molar-refractivity contribution in [3.63, 3.8) is 0 Å². The predicted molar refractivity (Wildman–Crippen MR) is 121 cm³/mol. The molecule has 186 valence electrons. The molecule has 0 unspecified atom stereocenters. The molecule has 0 spiro atoms. The summed E-state index contributed by atoms with van der Waals surface area (Å²) in [5.74, 6) is -0.786. The largest absolute Gasteiger partial charge is 0.462 e. The Morgan fingerprint density at radius 1 is 0.750 bits per heavy atom. The van der Waals surface area contributed by atoms with Crippen LogP contribution >= 0.6 is 0 Å². The molecule has 0 aromatic carbocycles.